The summed E-state index contributed by atoms with van der Waals surface area (Å²) in [4.78, 5) is 35.9. The molecular formula is C34H31F2N5O3S. The Hall–Kier alpha value is -4.74. The van der Waals surface area contributed by atoms with Crippen LogP contribution in [-0.4, -0.2) is 34.9 Å². The maximum absolute atomic E-state index is 15.2. The highest BCUT2D eigenvalue weighted by Gasteiger charge is 2.56. The third kappa shape index (κ3) is 6.84. The van der Waals surface area contributed by atoms with Crippen LogP contribution in [-0.2, 0) is 16.0 Å². The summed E-state index contributed by atoms with van der Waals surface area (Å²) in [6, 6.07) is 17.1. The van der Waals surface area contributed by atoms with E-state index in [1.165, 1.54) is 47.7 Å². The number of halogens is 2. The summed E-state index contributed by atoms with van der Waals surface area (Å²) in [5.41, 5.74) is 2.00. The average molecular weight is 628 g/mol. The maximum atomic E-state index is 15.2. The first-order chi connectivity index (χ1) is 21.8. The molecule has 2 amide bonds. The summed E-state index contributed by atoms with van der Waals surface area (Å²) in [6.45, 7) is 4.04. The zero-order valence-electron chi connectivity index (χ0n) is 24.5. The van der Waals surface area contributed by atoms with Crippen LogP contribution in [0.5, 0.6) is 11.5 Å². The number of benzene rings is 2. The van der Waals surface area contributed by atoms with Crippen molar-refractivity contribution >= 4 is 44.7 Å². The second-order valence-corrected chi connectivity index (χ2v) is 12.0. The van der Waals surface area contributed by atoms with Gasteiger partial charge in [0.1, 0.15) is 17.0 Å². The molecule has 1 saturated carbocycles. The normalized spacial score (nSPS) is 13.4. The van der Waals surface area contributed by atoms with Crippen molar-refractivity contribution in [2.75, 3.05) is 23.7 Å². The number of pyridine rings is 2. The molecule has 0 saturated heterocycles. The van der Waals surface area contributed by atoms with E-state index in [9.17, 15) is 14.0 Å². The van der Waals surface area contributed by atoms with Crippen molar-refractivity contribution in [3.05, 3.63) is 96.3 Å². The van der Waals surface area contributed by atoms with Gasteiger partial charge in [0.05, 0.1) is 20.8 Å². The minimum Gasteiger partial charge on any atom is -0.453 e. The van der Waals surface area contributed by atoms with Gasteiger partial charge in [-0.3, -0.25) is 19.6 Å². The van der Waals surface area contributed by atoms with Gasteiger partial charge >= 0.3 is 0 Å². The predicted octanol–water partition coefficient (Wildman–Crippen LogP) is 7.33. The predicted molar refractivity (Wildman–Crippen MR) is 172 cm³/mol. The molecule has 3 N–H and O–H groups in total. The average Bonchev–Trinajstić information content (AvgIpc) is 3.75. The van der Waals surface area contributed by atoms with Gasteiger partial charge in [0, 0.05) is 35.9 Å². The van der Waals surface area contributed by atoms with Gasteiger partial charge < -0.3 is 20.7 Å². The monoisotopic (exact) mass is 627 g/mol. The summed E-state index contributed by atoms with van der Waals surface area (Å²) >= 11 is 1.46. The van der Waals surface area contributed by atoms with E-state index in [-0.39, 0.29) is 11.4 Å². The molecule has 45 heavy (non-hydrogen) atoms. The van der Waals surface area contributed by atoms with Gasteiger partial charge in [-0.1, -0.05) is 13.0 Å². The van der Waals surface area contributed by atoms with Crippen LogP contribution in [0.2, 0.25) is 0 Å². The quantitative estimate of drug-likeness (QED) is 0.0989. The fourth-order valence-electron chi connectivity index (χ4n) is 4.87. The van der Waals surface area contributed by atoms with Gasteiger partial charge in [0.15, 0.2) is 11.6 Å². The number of aromatic nitrogens is 2. The Morgan fingerprint density at radius 3 is 2.33 bits per heavy atom. The number of hydrogen-bond donors (Lipinski definition) is 3. The Labute approximate surface area is 262 Å². The Kier molecular flexibility index (Phi) is 8.81. The molecule has 0 aliphatic heterocycles. The minimum atomic E-state index is -1.26. The van der Waals surface area contributed by atoms with E-state index in [0.29, 0.717) is 29.8 Å². The van der Waals surface area contributed by atoms with Crippen molar-refractivity contribution in [3.63, 3.8) is 0 Å². The number of anilines is 2. The van der Waals surface area contributed by atoms with Crippen molar-refractivity contribution < 1.29 is 23.1 Å². The molecule has 5 aromatic rings. The number of ether oxygens (including phenoxy) is 1. The van der Waals surface area contributed by atoms with E-state index in [2.05, 4.69) is 38.9 Å². The van der Waals surface area contributed by atoms with Crippen molar-refractivity contribution in [1.82, 2.24) is 15.3 Å². The molecule has 230 valence electrons. The Bertz CT molecular complexity index is 1840. The highest BCUT2D eigenvalue weighted by atomic mass is 32.1. The van der Waals surface area contributed by atoms with Crippen molar-refractivity contribution in [3.8, 4) is 22.1 Å². The summed E-state index contributed by atoms with van der Waals surface area (Å²) < 4.78 is 35.1. The topological polar surface area (TPSA) is 105 Å². The summed E-state index contributed by atoms with van der Waals surface area (Å²) in [5, 5.41) is 8.70. The van der Waals surface area contributed by atoms with Gasteiger partial charge in [-0.05, 0) is 92.9 Å². The van der Waals surface area contributed by atoms with E-state index >= 15 is 4.39 Å². The summed E-state index contributed by atoms with van der Waals surface area (Å²) in [6.07, 6.45) is 6.20. The van der Waals surface area contributed by atoms with Gasteiger partial charge in [-0.15, -0.1) is 11.3 Å². The molecule has 0 spiro atoms. The van der Waals surface area contributed by atoms with Crippen LogP contribution in [0.15, 0.2) is 79.1 Å². The first kappa shape index (κ1) is 30.3. The SMILES string of the molecule is CCCNCCc1ccc(-c2cc3nccc(Oc4ccc(NC(=O)C5(C(=O)Nc6ccc(F)cc6)CC5)cc4F)c3s2)nc1. The summed E-state index contributed by atoms with van der Waals surface area (Å²) in [5.74, 6) is -1.72. The Balaban J connectivity index is 1.12. The van der Waals surface area contributed by atoms with E-state index in [1.807, 2.05) is 18.3 Å². The second-order valence-electron chi connectivity index (χ2n) is 10.9. The van der Waals surface area contributed by atoms with Crippen LogP contribution >= 0.6 is 11.3 Å². The number of carbonyl (C=O) groups excluding carboxylic acids is 2. The molecule has 0 radical (unpaired) electrons. The number of fused-ring (bicyclic) bond motifs is 1. The van der Waals surface area contributed by atoms with Gasteiger partial charge in [-0.25, -0.2) is 8.78 Å². The van der Waals surface area contributed by atoms with Gasteiger partial charge in [0.25, 0.3) is 0 Å². The molecule has 3 heterocycles. The van der Waals surface area contributed by atoms with E-state index < -0.39 is 28.9 Å². The van der Waals surface area contributed by atoms with Crippen LogP contribution in [0.4, 0.5) is 20.2 Å². The fourth-order valence-corrected chi connectivity index (χ4v) is 5.91. The second kappa shape index (κ2) is 13.1. The van der Waals surface area contributed by atoms with Crippen LogP contribution in [0, 0.1) is 17.0 Å². The molecule has 1 aliphatic carbocycles. The number of rotatable bonds is 12. The zero-order valence-corrected chi connectivity index (χ0v) is 25.3. The highest BCUT2D eigenvalue weighted by molar-refractivity contribution is 7.22. The number of hydrogen-bond acceptors (Lipinski definition) is 7. The van der Waals surface area contributed by atoms with Gasteiger partial charge in [0.2, 0.25) is 11.8 Å². The Morgan fingerprint density at radius 1 is 0.889 bits per heavy atom. The fraction of sp³-hybridized carbons (Fsp3) is 0.235. The summed E-state index contributed by atoms with van der Waals surface area (Å²) in [7, 11) is 0. The van der Waals surface area contributed by atoms with E-state index in [4.69, 9.17) is 4.74 Å². The Morgan fingerprint density at radius 2 is 1.64 bits per heavy atom. The standard InChI is InChI=1S/C34H31F2N5O3S/c1-2-15-37-16-11-21-3-9-26(39-20-21)30-19-27-31(45-30)29(12-17-38-27)44-28-10-8-24(18-25(28)36)41-33(43)34(13-14-34)32(42)40-23-6-4-22(35)5-7-23/h3-10,12,17-20,37H,2,11,13-16H2,1H3,(H,40,42)(H,41,43). The lowest BCUT2D eigenvalue weighted by Gasteiger charge is -2.16. The molecule has 0 unspecified atom stereocenters. The first-order valence-corrected chi connectivity index (χ1v) is 15.6. The molecule has 0 atom stereocenters. The molecule has 1 fully saturated rings. The van der Waals surface area contributed by atoms with Crippen molar-refractivity contribution in [2.24, 2.45) is 5.41 Å². The van der Waals surface area contributed by atoms with Gasteiger partial charge in [-0.2, -0.15) is 0 Å². The third-order valence-corrected chi connectivity index (χ3v) is 8.76. The van der Waals surface area contributed by atoms with Crippen molar-refractivity contribution in [1.29, 1.82) is 0 Å². The zero-order chi connectivity index (χ0) is 31.4. The number of carbonyl (C=O) groups is 2. The maximum Gasteiger partial charge on any atom is 0.240 e. The molecule has 11 heteroatoms. The highest BCUT2D eigenvalue weighted by Crippen LogP contribution is 2.48. The number of thiophene rings is 1. The van der Waals surface area contributed by atoms with Crippen LogP contribution in [0.25, 0.3) is 20.8 Å². The van der Waals surface area contributed by atoms with Crippen LogP contribution < -0.4 is 20.7 Å². The van der Waals surface area contributed by atoms with Crippen molar-refractivity contribution in [2.45, 2.75) is 32.6 Å². The molecule has 3 aromatic heterocycles. The lowest BCUT2D eigenvalue weighted by atomic mass is 10.0. The number of amides is 2. The molecule has 0 bridgehead atoms. The largest absolute Gasteiger partial charge is 0.453 e. The van der Waals surface area contributed by atoms with E-state index in [0.717, 1.165) is 52.8 Å². The number of nitrogens with zero attached hydrogens (tertiary/aromatic N) is 2. The lowest BCUT2D eigenvalue weighted by Crippen LogP contribution is -2.35. The third-order valence-electron chi connectivity index (χ3n) is 7.60. The molecular weight excluding hydrogens is 596 g/mol. The molecule has 8 nitrogen and oxygen atoms in total. The molecule has 6 rings (SSSR count). The minimum absolute atomic E-state index is 0.0233. The van der Waals surface area contributed by atoms with E-state index in [1.54, 1.807) is 12.3 Å². The smallest absolute Gasteiger partial charge is 0.240 e. The van der Waals surface area contributed by atoms with Crippen LogP contribution in [0.1, 0.15) is 31.7 Å². The lowest BCUT2D eigenvalue weighted by molar-refractivity contribution is -0.131. The first-order valence-electron chi connectivity index (χ1n) is 14.7. The molecule has 1 aliphatic rings. The van der Waals surface area contributed by atoms with Crippen LogP contribution in [0.3, 0.4) is 0 Å². The molecule has 2 aromatic carbocycles. The number of nitrogens with one attached hydrogen (secondary N) is 3.